The van der Waals surface area contributed by atoms with Crippen molar-refractivity contribution in [2.24, 2.45) is 4.99 Å². The molecule has 2 aromatic carbocycles. The van der Waals surface area contributed by atoms with E-state index in [9.17, 15) is 14.7 Å². The molecule has 1 fully saturated rings. The van der Waals surface area contributed by atoms with Gasteiger partial charge in [-0.25, -0.2) is 9.79 Å². The summed E-state index contributed by atoms with van der Waals surface area (Å²) in [5.41, 5.74) is 1.05. The second kappa shape index (κ2) is 8.18. The van der Waals surface area contributed by atoms with Crippen LogP contribution in [0.1, 0.15) is 22.8 Å². The number of amides is 1. The van der Waals surface area contributed by atoms with E-state index in [2.05, 4.69) is 4.99 Å². The second-order valence-electron chi connectivity index (χ2n) is 5.83. The Balaban J connectivity index is 1.88. The summed E-state index contributed by atoms with van der Waals surface area (Å²) in [6, 6.07) is 11.0. The molecular formula is C20H17N2O5S-. The molecule has 1 N–H and O–H groups in total. The third kappa shape index (κ3) is 4.01. The van der Waals surface area contributed by atoms with Gasteiger partial charge in [-0.05, 0) is 60.7 Å². The van der Waals surface area contributed by atoms with Crippen LogP contribution >= 0.6 is 11.8 Å². The fourth-order valence-electron chi connectivity index (χ4n) is 2.50. The fraction of sp³-hybridized carbons (Fsp3) is 0.150. The van der Waals surface area contributed by atoms with Gasteiger partial charge in [0.25, 0.3) is 5.91 Å². The van der Waals surface area contributed by atoms with Crippen molar-refractivity contribution in [3.8, 4) is 11.5 Å². The van der Waals surface area contributed by atoms with Gasteiger partial charge in [-0.3, -0.25) is 9.69 Å². The van der Waals surface area contributed by atoms with Crippen molar-refractivity contribution in [1.82, 2.24) is 4.90 Å². The average molecular weight is 397 g/mol. The number of rotatable bonds is 5. The lowest BCUT2D eigenvalue weighted by molar-refractivity contribution is -0.270. The molecule has 0 aliphatic carbocycles. The molecule has 0 radical (unpaired) electrons. The Morgan fingerprint density at radius 3 is 2.64 bits per heavy atom. The lowest BCUT2D eigenvalue weighted by Gasteiger charge is -2.16. The highest BCUT2D eigenvalue weighted by Crippen LogP contribution is 2.36. The van der Waals surface area contributed by atoms with E-state index in [0.717, 1.165) is 11.8 Å². The smallest absolute Gasteiger partial charge is 0.335 e. The summed E-state index contributed by atoms with van der Waals surface area (Å²) in [7, 11) is 1.59. The Morgan fingerprint density at radius 1 is 1.29 bits per heavy atom. The molecule has 0 aromatic heterocycles. The fourth-order valence-corrected chi connectivity index (χ4v) is 3.48. The molecule has 2 aromatic rings. The highest BCUT2D eigenvalue weighted by atomic mass is 32.2. The molecule has 0 atom stereocenters. The molecule has 0 spiro atoms. The summed E-state index contributed by atoms with van der Waals surface area (Å²) >= 11 is 1.15. The predicted molar refractivity (Wildman–Crippen MR) is 106 cm³/mol. The van der Waals surface area contributed by atoms with E-state index in [1.54, 1.807) is 44.3 Å². The number of hydrogen-bond donors (Lipinski definition) is 1. The first-order valence-electron chi connectivity index (χ1n) is 8.43. The number of benzene rings is 2. The molecule has 28 heavy (non-hydrogen) atoms. The number of ether oxygens (including phenoxy) is 1. The van der Waals surface area contributed by atoms with E-state index in [4.69, 9.17) is 9.84 Å². The number of likely N-dealkylation sites (N-methyl/N-ethyl adjacent to an activating group) is 1. The Labute approximate surface area is 166 Å². The van der Waals surface area contributed by atoms with Crippen LogP contribution in [0.15, 0.2) is 52.4 Å². The van der Waals surface area contributed by atoms with Crippen LogP contribution < -0.4 is 9.84 Å². The third-order valence-electron chi connectivity index (χ3n) is 3.94. The van der Waals surface area contributed by atoms with Crippen LogP contribution in [-0.2, 0) is 4.79 Å². The zero-order valence-electron chi connectivity index (χ0n) is 15.2. The van der Waals surface area contributed by atoms with Crippen LogP contribution in [0.3, 0.4) is 0 Å². The SMILES string of the molecule is CCOc1cccc(/C=C2/SC(=Nc3ccc(C(=O)O)cc3)N(C)C2=O)c1[O-]. The number of thioether (sulfide) groups is 1. The molecule has 1 amide bonds. The molecule has 3 rings (SSSR count). The number of amidine groups is 1. The number of carboxylic acid groups (broad SMARTS) is 1. The zero-order valence-corrected chi connectivity index (χ0v) is 16.0. The van der Waals surface area contributed by atoms with Crippen LogP contribution in [0, 0.1) is 0 Å². The molecular weight excluding hydrogens is 380 g/mol. The number of nitrogens with zero attached hydrogens (tertiary/aromatic N) is 2. The van der Waals surface area contributed by atoms with Crippen molar-refractivity contribution < 1.29 is 24.5 Å². The van der Waals surface area contributed by atoms with E-state index >= 15 is 0 Å². The minimum atomic E-state index is -1.02. The average Bonchev–Trinajstić information content (AvgIpc) is 2.93. The van der Waals surface area contributed by atoms with Gasteiger partial charge in [0, 0.05) is 7.05 Å². The van der Waals surface area contributed by atoms with Gasteiger partial charge in [-0.1, -0.05) is 17.9 Å². The molecule has 144 valence electrons. The molecule has 0 saturated carbocycles. The van der Waals surface area contributed by atoms with E-state index in [0.29, 0.717) is 27.9 Å². The summed E-state index contributed by atoms with van der Waals surface area (Å²) in [5, 5.41) is 21.8. The van der Waals surface area contributed by atoms with Crippen LogP contribution in [0.5, 0.6) is 11.5 Å². The Bertz CT molecular complexity index is 983. The van der Waals surface area contributed by atoms with E-state index in [1.807, 2.05) is 0 Å². The van der Waals surface area contributed by atoms with Crippen molar-refractivity contribution in [3.05, 3.63) is 58.5 Å². The van der Waals surface area contributed by atoms with Gasteiger partial charge in [0.15, 0.2) is 5.17 Å². The maximum absolute atomic E-state index is 12.5. The van der Waals surface area contributed by atoms with E-state index in [1.165, 1.54) is 23.1 Å². The molecule has 1 saturated heterocycles. The van der Waals surface area contributed by atoms with Gasteiger partial charge in [0.05, 0.1) is 22.8 Å². The number of hydrogen-bond acceptors (Lipinski definition) is 6. The molecule has 0 unspecified atom stereocenters. The molecule has 7 nitrogen and oxygen atoms in total. The van der Waals surface area contributed by atoms with Crippen LogP contribution in [0.2, 0.25) is 0 Å². The minimum absolute atomic E-state index is 0.158. The maximum atomic E-state index is 12.5. The van der Waals surface area contributed by atoms with Crippen molar-refractivity contribution in [1.29, 1.82) is 0 Å². The van der Waals surface area contributed by atoms with Gasteiger partial charge in [-0.2, -0.15) is 0 Å². The lowest BCUT2D eigenvalue weighted by Crippen LogP contribution is -2.23. The van der Waals surface area contributed by atoms with Gasteiger partial charge in [0.1, 0.15) is 5.75 Å². The summed E-state index contributed by atoms with van der Waals surface area (Å²) in [5.74, 6) is -1.32. The van der Waals surface area contributed by atoms with E-state index in [-0.39, 0.29) is 23.0 Å². The van der Waals surface area contributed by atoms with Gasteiger partial charge < -0.3 is 14.9 Å². The summed E-state index contributed by atoms with van der Waals surface area (Å²) in [6.07, 6.45) is 1.53. The Kier molecular flexibility index (Phi) is 5.70. The highest BCUT2D eigenvalue weighted by Gasteiger charge is 2.30. The standard InChI is InChI=1S/C20H18N2O5S/c1-3-27-15-6-4-5-13(17(15)23)11-16-18(24)22(2)20(28-16)21-14-9-7-12(8-10-14)19(25)26/h4-11,23H,3H2,1-2H3,(H,25,26)/p-1/b16-11+,21-20?. The summed E-state index contributed by atoms with van der Waals surface area (Å²) in [4.78, 5) is 29.6. The quantitative estimate of drug-likeness (QED) is 0.778. The zero-order chi connectivity index (χ0) is 20.3. The van der Waals surface area contributed by atoms with Crippen molar-refractivity contribution >= 4 is 40.6 Å². The van der Waals surface area contributed by atoms with Gasteiger partial charge >= 0.3 is 5.97 Å². The lowest BCUT2D eigenvalue weighted by atomic mass is 10.1. The molecule has 8 heteroatoms. The molecule has 1 heterocycles. The number of carbonyl (C=O) groups excluding carboxylic acids is 1. The highest BCUT2D eigenvalue weighted by molar-refractivity contribution is 8.18. The van der Waals surface area contributed by atoms with Gasteiger partial charge in [0.2, 0.25) is 0 Å². The first-order chi connectivity index (χ1) is 13.4. The third-order valence-corrected chi connectivity index (χ3v) is 5.00. The van der Waals surface area contributed by atoms with Crippen molar-refractivity contribution in [2.75, 3.05) is 13.7 Å². The number of carbonyl (C=O) groups is 2. The van der Waals surface area contributed by atoms with E-state index < -0.39 is 5.97 Å². The Hall–Kier alpha value is -3.26. The minimum Gasteiger partial charge on any atom is -0.870 e. The second-order valence-corrected chi connectivity index (χ2v) is 6.84. The number of aromatic carboxylic acids is 1. The number of aliphatic imine (C=N–C) groups is 1. The number of carboxylic acids is 1. The van der Waals surface area contributed by atoms with Gasteiger partial charge in [-0.15, -0.1) is 0 Å². The van der Waals surface area contributed by atoms with Crippen LogP contribution in [-0.4, -0.2) is 40.7 Å². The monoisotopic (exact) mass is 397 g/mol. The predicted octanol–water partition coefficient (Wildman–Crippen LogP) is 3.09. The van der Waals surface area contributed by atoms with Crippen molar-refractivity contribution in [3.63, 3.8) is 0 Å². The molecule has 0 bridgehead atoms. The van der Waals surface area contributed by atoms with Crippen molar-refractivity contribution in [2.45, 2.75) is 6.92 Å². The summed E-state index contributed by atoms with van der Waals surface area (Å²) < 4.78 is 5.31. The van der Waals surface area contributed by atoms with Crippen LogP contribution in [0.4, 0.5) is 5.69 Å². The largest absolute Gasteiger partial charge is 0.870 e. The molecule has 1 aliphatic rings. The Morgan fingerprint density at radius 2 is 2.00 bits per heavy atom. The molecule has 1 aliphatic heterocycles. The topological polar surface area (TPSA) is 102 Å². The maximum Gasteiger partial charge on any atom is 0.335 e. The first kappa shape index (κ1) is 19.5. The van der Waals surface area contributed by atoms with Crippen LogP contribution in [0.25, 0.3) is 6.08 Å². The normalized spacial score (nSPS) is 16.8. The summed E-state index contributed by atoms with van der Waals surface area (Å²) in [6.45, 7) is 2.17. The number of para-hydroxylation sites is 1. The first-order valence-corrected chi connectivity index (χ1v) is 9.25.